The summed E-state index contributed by atoms with van der Waals surface area (Å²) in [6.45, 7) is 3.95. The van der Waals surface area contributed by atoms with Gasteiger partial charge in [-0.05, 0) is 37.8 Å². The Balaban J connectivity index is 2.20. The van der Waals surface area contributed by atoms with Crippen molar-refractivity contribution in [2.75, 3.05) is 0 Å². The van der Waals surface area contributed by atoms with E-state index in [1.54, 1.807) is 18.2 Å². The fraction of sp³-hybridized carbons (Fsp3) is 0.500. The van der Waals surface area contributed by atoms with Crippen molar-refractivity contribution in [2.24, 2.45) is 5.92 Å². The van der Waals surface area contributed by atoms with E-state index in [9.17, 15) is 14.7 Å². The van der Waals surface area contributed by atoms with Crippen molar-refractivity contribution in [3.8, 4) is 0 Å². The van der Waals surface area contributed by atoms with E-state index in [0.717, 1.165) is 18.4 Å². The summed E-state index contributed by atoms with van der Waals surface area (Å²) in [5, 5.41) is 12.3. The maximum Gasteiger partial charge on any atom is 0.329 e. The Hall–Kier alpha value is -1.84. The van der Waals surface area contributed by atoms with E-state index in [2.05, 4.69) is 5.32 Å². The molecule has 2 atom stereocenters. The SMILES string of the molecule is Cc1cccc(C(=O)NC2(C(=O)O)CCCC(C)C2)c1. The number of carbonyl (C=O) groups excluding carboxylic acids is 1. The van der Waals surface area contributed by atoms with Crippen LogP contribution in [0, 0.1) is 12.8 Å². The molecule has 1 aliphatic rings. The molecule has 1 fully saturated rings. The number of aliphatic carboxylic acids is 1. The predicted molar refractivity (Wildman–Crippen MR) is 76.6 cm³/mol. The molecule has 2 rings (SSSR count). The van der Waals surface area contributed by atoms with Crippen molar-refractivity contribution in [1.82, 2.24) is 5.32 Å². The largest absolute Gasteiger partial charge is 0.480 e. The number of carbonyl (C=O) groups is 2. The van der Waals surface area contributed by atoms with Crippen LogP contribution in [-0.2, 0) is 4.79 Å². The molecule has 20 heavy (non-hydrogen) atoms. The lowest BCUT2D eigenvalue weighted by Crippen LogP contribution is -2.56. The zero-order chi connectivity index (χ0) is 14.8. The summed E-state index contributed by atoms with van der Waals surface area (Å²) in [5.41, 5.74) is 0.390. The van der Waals surface area contributed by atoms with Crippen molar-refractivity contribution in [3.05, 3.63) is 35.4 Å². The average Bonchev–Trinajstić information content (AvgIpc) is 2.38. The summed E-state index contributed by atoms with van der Waals surface area (Å²) < 4.78 is 0. The Morgan fingerprint density at radius 1 is 1.40 bits per heavy atom. The molecule has 0 spiro atoms. The van der Waals surface area contributed by atoms with Crippen LogP contribution < -0.4 is 5.32 Å². The fourth-order valence-electron chi connectivity index (χ4n) is 2.99. The molecule has 0 aromatic heterocycles. The lowest BCUT2D eigenvalue weighted by molar-refractivity contribution is -0.146. The Labute approximate surface area is 119 Å². The maximum atomic E-state index is 12.3. The van der Waals surface area contributed by atoms with Gasteiger partial charge >= 0.3 is 5.97 Å². The molecule has 4 heteroatoms. The number of rotatable bonds is 3. The van der Waals surface area contributed by atoms with Crippen molar-refractivity contribution in [3.63, 3.8) is 0 Å². The molecular formula is C16H21NO3. The van der Waals surface area contributed by atoms with Gasteiger partial charge in [-0.15, -0.1) is 0 Å². The van der Waals surface area contributed by atoms with Crippen molar-refractivity contribution < 1.29 is 14.7 Å². The van der Waals surface area contributed by atoms with Crippen LogP contribution in [0.4, 0.5) is 0 Å². The van der Waals surface area contributed by atoms with Gasteiger partial charge in [0.15, 0.2) is 0 Å². The molecular weight excluding hydrogens is 254 g/mol. The minimum atomic E-state index is -1.11. The van der Waals surface area contributed by atoms with Gasteiger partial charge in [-0.3, -0.25) is 4.79 Å². The number of nitrogens with one attached hydrogen (secondary N) is 1. The molecule has 0 bridgehead atoms. The van der Waals surface area contributed by atoms with E-state index in [0.29, 0.717) is 24.3 Å². The van der Waals surface area contributed by atoms with Crippen molar-refractivity contribution in [1.29, 1.82) is 0 Å². The van der Waals surface area contributed by atoms with Gasteiger partial charge in [0.25, 0.3) is 5.91 Å². The smallest absolute Gasteiger partial charge is 0.329 e. The van der Waals surface area contributed by atoms with Gasteiger partial charge in [0.1, 0.15) is 5.54 Å². The predicted octanol–water partition coefficient (Wildman–Crippen LogP) is 2.76. The minimum absolute atomic E-state index is 0.301. The summed E-state index contributed by atoms with van der Waals surface area (Å²) >= 11 is 0. The second-order valence-electron chi connectivity index (χ2n) is 5.91. The molecule has 1 aromatic rings. The van der Waals surface area contributed by atoms with Gasteiger partial charge in [0.05, 0.1) is 0 Å². The number of aryl methyl sites for hydroxylation is 1. The van der Waals surface area contributed by atoms with Gasteiger partial charge in [0, 0.05) is 5.56 Å². The molecule has 0 radical (unpaired) electrons. The van der Waals surface area contributed by atoms with E-state index >= 15 is 0 Å². The number of carboxylic acid groups (broad SMARTS) is 1. The van der Waals surface area contributed by atoms with Crippen molar-refractivity contribution in [2.45, 2.75) is 45.1 Å². The molecule has 2 N–H and O–H groups in total. The summed E-state index contributed by atoms with van der Waals surface area (Å²) in [6.07, 6.45) is 2.86. The molecule has 2 unspecified atom stereocenters. The first-order chi connectivity index (χ1) is 9.43. The molecule has 0 aliphatic heterocycles. The van der Waals surface area contributed by atoms with Gasteiger partial charge in [-0.2, -0.15) is 0 Å². The van der Waals surface area contributed by atoms with Gasteiger partial charge < -0.3 is 10.4 Å². The first-order valence-corrected chi connectivity index (χ1v) is 7.05. The summed E-state index contributed by atoms with van der Waals surface area (Å²) in [5.74, 6) is -0.909. The van der Waals surface area contributed by atoms with Crippen LogP contribution in [0.5, 0.6) is 0 Å². The monoisotopic (exact) mass is 275 g/mol. The lowest BCUT2D eigenvalue weighted by atomic mass is 9.76. The molecule has 108 valence electrons. The fourth-order valence-corrected chi connectivity index (χ4v) is 2.99. The summed E-state index contributed by atoms with van der Waals surface area (Å²) in [6, 6.07) is 7.20. The van der Waals surface area contributed by atoms with Crippen LogP contribution >= 0.6 is 0 Å². The van der Waals surface area contributed by atoms with Crippen LogP contribution in [0.25, 0.3) is 0 Å². The third-order valence-electron chi connectivity index (χ3n) is 4.04. The Bertz CT molecular complexity index is 526. The summed E-state index contributed by atoms with van der Waals surface area (Å²) in [4.78, 5) is 23.9. The van der Waals surface area contributed by atoms with Gasteiger partial charge in [-0.1, -0.05) is 37.5 Å². The number of hydrogen-bond donors (Lipinski definition) is 2. The molecule has 0 heterocycles. The van der Waals surface area contributed by atoms with Gasteiger partial charge in [0.2, 0.25) is 0 Å². The second kappa shape index (κ2) is 5.65. The molecule has 1 amide bonds. The number of benzene rings is 1. The standard InChI is InChI=1S/C16H21NO3/c1-11-5-3-7-13(9-11)14(18)17-16(15(19)20)8-4-6-12(2)10-16/h3,5,7,9,12H,4,6,8,10H2,1-2H3,(H,17,18)(H,19,20). The highest BCUT2D eigenvalue weighted by Gasteiger charge is 2.43. The normalized spacial score (nSPS) is 26.0. The highest BCUT2D eigenvalue weighted by atomic mass is 16.4. The lowest BCUT2D eigenvalue weighted by Gasteiger charge is -2.37. The molecule has 1 aliphatic carbocycles. The van der Waals surface area contributed by atoms with E-state index in [-0.39, 0.29) is 5.91 Å². The van der Waals surface area contributed by atoms with E-state index in [4.69, 9.17) is 0 Å². The van der Waals surface area contributed by atoms with E-state index < -0.39 is 11.5 Å². The van der Waals surface area contributed by atoms with Crippen LogP contribution in [0.3, 0.4) is 0 Å². The topological polar surface area (TPSA) is 66.4 Å². The van der Waals surface area contributed by atoms with Crippen LogP contribution in [0.1, 0.15) is 48.5 Å². The first-order valence-electron chi connectivity index (χ1n) is 7.05. The third kappa shape index (κ3) is 3.00. The first kappa shape index (κ1) is 14.6. The zero-order valence-corrected chi connectivity index (χ0v) is 12.0. The number of hydrogen-bond acceptors (Lipinski definition) is 2. The van der Waals surface area contributed by atoms with Crippen LogP contribution in [-0.4, -0.2) is 22.5 Å². The Morgan fingerprint density at radius 3 is 2.75 bits per heavy atom. The molecule has 1 saturated carbocycles. The molecule has 4 nitrogen and oxygen atoms in total. The molecule has 1 aromatic carbocycles. The Morgan fingerprint density at radius 2 is 2.15 bits per heavy atom. The summed E-state index contributed by atoms with van der Waals surface area (Å²) in [7, 11) is 0. The highest BCUT2D eigenvalue weighted by molar-refractivity contribution is 5.98. The van der Waals surface area contributed by atoms with Gasteiger partial charge in [-0.25, -0.2) is 4.79 Å². The van der Waals surface area contributed by atoms with Crippen LogP contribution in [0.15, 0.2) is 24.3 Å². The zero-order valence-electron chi connectivity index (χ0n) is 12.0. The molecule has 0 saturated heterocycles. The van der Waals surface area contributed by atoms with E-state index in [1.165, 1.54) is 0 Å². The number of carboxylic acids is 1. The third-order valence-corrected chi connectivity index (χ3v) is 4.04. The second-order valence-corrected chi connectivity index (χ2v) is 5.91. The Kier molecular flexibility index (Phi) is 4.12. The quantitative estimate of drug-likeness (QED) is 0.891. The highest BCUT2D eigenvalue weighted by Crippen LogP contribution is 2.32. The maximum absolute atomic E-state index is 12.3. The average molecular weight is 275 g/mol. The van der Waals surface area contributed by atoms with E-state index in [1.807, 2.05) is 19.9 Å². The minimum Gasteiger partial charge on any atom is -0.480 e. The number of amides is 1. The van der Waals surface area contributed by atoms with Crippen molar-refractivity contribution >= 4 is 11.9 Å². The van der Waals surface area contributed by atoms with Crippen LogP contribution in [0.2, 0.25) is 0 Å².